The fourth-order valence-electron chi connectivity index (χ4n) is 1.20. The molecule has 5 heteroatoms. The summed E-state index contributed by atoms with van der Waals surface area (Å²) in [6, 6.07) is 1.24. The number of hydrogen-bond donors (Lipinski definition) is 3. The minimum atomic E-state index is -0.573. The Morgan fingerprint density at radius 2 is 2.44 bits per heavy atom. The second-order valence-corrected chi connectivity index (χ2v) is 3.98. The van der Waals surface area contributed by atoms with Gasteiger partial charge in [-0.3, -0.25) is 9.89 Å². The molecule has 1 atom stereocenters. The highest BCUT2D eigenvalue weighted by atomic mass is 16.2. The molecule has 1 aromatic heterocycles. The molecule has 1 amide bonds. The molecule has 0 aliphatic heterocycles. The number of amides is 1. The maximum Gasteiger partial charge on any atom is 0.242 e. The molecule has 1 unspecified atom stereocenters. The molecule has 4 N–H and O–H groups in total. The van der Waals surface area contributed by atoms with E-state index in [4.69, 9.17) is 5.73 Å². The molecular formula is C11H18N4O. The third kappa shape index (κ3) is 3.20. The number of nitrogens with one attached hydrogen (secondary N) is 2. The quantitative estimate of drug-likeness (QED) is 0.658. The molecular weight excluding hydrogens is 204 g/mol. The van der Waals surface area contributed by atoms with Gasteiger partial charge in [0.15, 0.2) is 5.82 Å². The summed E-state index contributed by atoms with van der Waals surface area (Å²) in [5, 5.41) is 9.49. The van der Waals surface area contributed by atoms with Gasteiger partial charge in [-0.1, -0.05) is 19.9 Å². The van der Waals surface area contributed by atoms with Crippen LogP contribution < -0.4 is 11.1 Å². The molecule has 1 rings (SSSR count). The van der Waals surface area contributed by atoms with Crippen LogP contribution in [0.1, 0.15) is 31.9 Å². The van der Waals surface area contributed by atoms with Crippen LogP contribution in [-0.4, -0.2) is 22.1 Å². The first-order chi connectivity index (χ1) is 7.54. The van der Waals surface area contributed by atoms with E-state index >= 15 is 0 Å². The van der Waals surface area contributed by atoms with Crippen molar-refractivity contribution < 1.29 is 4.79 Å². The van der Waals surface area contributed by atoms with Crippen molar-refractivity contribution in [2.75, 3.05) is 5.32 Å². The second kappa shape index (κ2) is 5.46. The number of anilines is 1. The lowest BCUT2D eigenvalue weighted by atomic mass is 10.1. The fraction of sp³-hybridized carbons (Fsp3) is 0.455. The van der Waals surface area contributed by atoms with E-state index in [1.807, 2.05) is 19.9 Å². The molecule has 0 aliphatic rings. The minimum Gasteiger partial charge on any atom is -0.320 e. The number of rotatable bonds is 5. The molecule has 88 valence electrons. The molecule has 0 aromatic carbocycles. The van der Waals surface area contributed by atoms with Gasteiger partial charge in [0, 0.05) is 11.8 Å². The summed E-state index contributed by atoms with van der Waals surface area (Å²) in [4.78, 5) is 11.5. The Morgan fingerprint density at radius 1 is 1.75 bits per heavy atom. The molecule has 0 saturated carbocycles. The van der Waals surface area contributed by atoms with Crippen LogP contribution >= 0.6 is 0 Å². The summed E-state index contributed by atoms with van der Waals surface area (Å²) < 4.78 is 0. The molecule has 16 heavy (non-hydrogen) atoms. The minimum absolute atomic E-state index is 0.248. The molecule has 1 heterocycles. The van der Waals surface area contributed by atoms with Crippen LogP contribution in [0.25, 0.3) is 0 Å². The Kier molecular flexibility index (Phi) is 4.25. The van der Waals surface area contributed by atoms with Gasteiger partial charge in [-0.05, 0) is 12.3 Å². The Bertz CT molecular complexity index is 370. The molecule has 0 radical (unpaired) electrons. The van der Waals surface area contributed by atoms with E-state index in [0.717, 1.165) is 5.69 Å². The van der Waals surface area contributed by atoms with Gasteiger partial charge < -0.3 is 11.1 Å². The number of nitrogens with zero attached hydrogens (tertiary/aromatic N) is 1. The average molecular weight is 222 g/mol. The summed E-state index contributed by atoms with van der Waals surface area (Å²) in [5.41, 5.74) is 6.60. The van der Waals surface area contributed by atoms with Gasteiger partial charge in [-0.15, -0.1) is 6.58 Å². The third-order valence-corrected chi connectivity index (χ3v) is 2.23. The van der Waals surface area contributed by atoms with Crippen molar-refractivity contribution in [2.24, 2.45) is 5.73 Å². The van der Waals surface area contributed by atoms with Crippen molar-refractivity contribution in [3.05, 3.63) is 24.4 Å². The number of H-pyrrole nitrogens is 1. The predicted molar refractivity (Wildman–Crippen MR) is 64.1 cm³/mol. The molecule has 0 fully saturated rings. The predicted octanol–water partition coefficient (Wildman–Crippen LogP) is 1.37. The van der Waals surface area contributed by atoms with Crippen LogP contribution in [0.4, 0.5) is 5.82 Å². The number of carbonyl (C=O) groups is 1. The van der Waals surface area contributed by atoms with Crippen LogP contribution in [0.15, 0.2) is 18.7 Å². The molecule has 5 nitrogen and oxygen atoms in total. The van der Waals surface area contributed by atoms with Crippen LogP contribution in [0, 0.1) is 0 Å². The Balaban J connectivity index is 2.59. The van der Waals surface area contributed by atoms with Crippen LogP contribution in [0.5, 0.6) is 0 Å². The van der Waals surface area contributed by atoms with Gasteiger partial charge in [0.05, 0.1) is 6.04 Å². The lowest BCUT2D eigenvalue weighted by Gasteiger charge is -2.07. The van der Waals surface area contributed by atoms with Crippen LogP contribution in [-0.2, 0) is 4.79 Å². The normalized spacial score (nSPS) is 12.5. The maximum atomic E-state index is 11.5. The smallest absolute Gasteiger partial charge is 0.242 e. The first-order valence-corrected chi connectivity index (χ1v) is 5.27. The van der Waals surface area contributed by atoms with E-state index in [1.54, 1.807) is 6.08 Å². The van der Waals surface area contributed by atoms with Gasteiger partial charge >= 0.3 is 0 Å². The van der Waals surface area contributed by atoms with Crippen molar-refractivity contribution >= 4 is 11.7 Å². The van der Waals surface area contributed by atoms with Crippen molar-refractivity contribution in [1.82, 2.24) is 10.2 Å². The highest BCUT2D eigenvalue weighted by Gasteiger charge is 2.13. The fourth-order valence-corrected chi connectivity index (χ4v) is 1.20. The molecule has 0 aliphatic carbocycles. The average Bonchev–Trinajstić information content (AvgIpc) is 2.66. The SMILES string of the molecule is C=CCC(N)C(=O)Nc1cc(C(C)C)[nH]n1. The van der Waals surface area contributed by atoms with E-state index in [0.29, 0.717) is 18.2 Å². The molecule has 0 spiro atoms. The third-order valence-electron chi connectivity index (χ3n) is 2.23. The number of aromatic nitrogens is 2. The van der Waals surface area contributed by atoms with Crippen LogP contribution in [0.3, 0.4) is 0 Å². The zero-order chi connectivity index (χ0) is 12.1. The topological polar surface area (TPSA) is 83.8 Å². The number of carbonyl (C=O) groups excluding carboxylic acids is 1. The first kappa shape index (κ1) is 12.4. The zero-order valence-electron chi connectivity index (χ0n) is 9.66. The standard InChI is InChI=1S/C11H18N4O/c1-4-5-8(12)11(16)13-10-6-9(7(2)3)14-15-10/h4,6-8H,1,5,12H2,2-3H3,(H2,13,14,15,16). The van der Waals surface area contributed by atoms with Crippen molar-refractivity contribution in [2.45, 2.75) is 32.2 Å². The van der Waals surface area contributed by atoms with E-state index in [-0.39, 0.29) is 5.91 Å². The summed E-state index contributed by atoms with van der Waals surface area (Å²) in [5.74, 6) is 0.606. The number of nitrogens with two attached hydrogens (primary N) is 1. The lowest BCUT2D eigenvalue weighted by molar-refractivity contribution is -0.117. The molecule has 0 bridgehead atoms. The maximum absolute atomic E-state index is 11.5. The highest BCUT2D eigenvalue weighted by molar-refractivity contribution is 5.93. The summed E-state index contributed by atoms with van der Waals surface area (Å²) in [6.45, 7) is 7.62. The largest absolute Gasteiger partial charge is 0.320 e. The van der Waals surface area contributed by atoms with E-state index in [9.17, 15) is 4.79 Å². The Labute approximate surface area is 95.1 Å². The van der Waals surface area contributed by atoms with Gasteiger partial charge in [0.25, 0.3) is 0 Å². The molecule has 1 aromatic rings. The first-order valence-electron chi connectivity index (χ1n) is 5.27. The number of hydrogen-bond acceptors (Lipinski definition) is 3. The Morgan fingerprint density at radius 3 is 2.94 bits per heavy atom. The van der Waals surface area contributed by atoms with Crippen molar-refractivity contribution in [3.8, 4) is 0 Å². The second-order valence-electron chi connectivity index (χ2n) is 3.98. The van der Waals surface area contributed by atoms with Crippen molar-refractivity contribution in [1.29, 1.82) is 0 Å². The Hall–Kier alpha value is -1.62. The van der Waals surface area contributed by atoms with Crippen LogP contribution in [0.2, 0.25) is 0 Å². The van der Waals surface area contributed by atoms with E-state index < -0.39 is 6.04 Å². The van der Waals surface area contributed by atoms with Crippen molar-refractivity contribution in [3.63, 3.8) is 0 Å². The monoisotopic (exact) mass is 222 g/mol. The van der Waals surface area contributed by atoms with Gasteiger partial charge in [-0.25, -0.2) is 0 Å². The summed E-state index contributed by atoms with van der Waals surface area (Å²) in [6.07, 6.45) is 2.07. The van der Waals surface area contributed by atoms with E-state index in [1.165, 1.54) is 0 Å². The van der Waals surface area contributed by atoms with Gasteiger partial charge in [-0.2, -0.15) is 5.10 Å². The van der Waals surface area contributed by atoms with Gasteiger partial charge in [0.1, 0.15) is 0 Å². The van der Waals surface area contributed by atoms with E-state index in [2.05, 4.69) is 22.1 Å². The lowest BCUT2D eigenvalue weighted by Crippen LogP contribution is -2.35. The summed E-state index contributed by atoms with van der Waals surface area (Å²) >= 11 is 0. The molecule has 0 saturated heterocycles. The highest BCUT2D eigenvalue weighted by Crippen LogP contribution is 2.14. The van der Waals surface area contributed by atoms with Gasteiger partial charge in [0.2, 0.25) is 5.91 Å². The zero-order valence-corrected chi connectivity index (χ0v) is 9.66. The number of aromatic amines is 1. The summed E-state index contributed by atoms with van der Waals surface area (Å²) in [7, 11) is 0.